The summed E-state index contributed by atoms with van der Waals surface area (Å²) in [6, 6.07) is 8.12. The van der Waals surface area contributed by atoms with Crippen LogP contribution in [0.2, 0.25) is 0 Å². The summed E-state index contributed by atoms with van der Waals surface area (Å²) in [7, 11) is 1.81. The van der Waals surface area contributed by atoms with Crippen molar-refractivity contribution in [2.24, 2.45) is 5.73 Å². The molecule has 1 unspecified atom stereocenters. The number of hydrogen-bond acceptors (Lipinski definition) is 2. The third-order valence-electron chi connectivity index (χ3n) is 3.50. The molecule has 92 valence electrons. The first kappa shape index (κ1) is 11.9. The molecule has 1 atom stereocenters. The van der Waals surface area contributed by atoms with Crippen molar-refractivity contribution in [2.45, 2.75) is 25.4 Å². The van der Waals surface area contributed by atoms with E-state index in [1.165, 1.54) is 0 Å². The van der Waals surface area contributed by atoms with Crippen LogP contribution >= 0.6 is 0 Å². The number of nitrogens with two attached hydrogens (primary N) is 1. The van der Waals surface area contributed by atoms with Crippen molar-refractivity contribution in [3.05, 3.63) is 35.4 Å². The van der Waals surface area contributed by atoms with Gasteiger partial charge in [-0.25, -0.2) is 4.79 Å². The highest BCUT2D eigenvalue weighted by atomic mass is 16.2. The van der Waals surface area contributed by atoms with Gasteiger partial charge >= 0.3 is 6.03 Å². The number of urea groups is 1. The Balaban J connectivity index is 2.22. The van der Waals surface area contributed by atoms with Crippen molar-refractivity contribution in [2.75, 3.05) is 13.6 Å². The summed E-state index contributed by atoms with van der Waals surface area (Å²) in [6.45, 7) is 3.39. The fourth-order valence-electron chi connectivity index (χ4n) is 2.11. The maximum Gasteiger partial charge on any atom is 0.317 e. The summed E-state index contributed by atoms with van der Waals surface area (Å²) in [4.78, 5) is 13.4. The van der Waals surface area contributed by atoms with Crippen LogP contribution in [0.4, 0.5) is 4.79 Å². The van der Waals surface area contributed by atoms with Gasteiger partial charge in [0.15, 0.2) is 0 Å². The Morgan fingerprint density at radius 3 is 2.59 bits per heavy atom. The maximum absolute atomic E-state index is 11.7. The van der Waals surface area contributed by atoms with Crippen LogP contribution in [-0.4, -0.2) is 24.5 Å². The Morgan fingerprint density at radius 1 is 1.41 bits per heavy atom. The molecule has 0 spiro atoms. The lowest BCUT2D eigenvalue weighted by Gasteiger charge is -2.39. The average Bonchev–Trinajstić information content (AvgIpc) is 2.34. The van der Waals surface area contributed by atoms with Crippen molar-refractivity contribution in [3.63, 3.8) is 0 Å². The van der Waals surface area contributed by atoms with Gasteiger partial charge in [-0.3, -0.25) is 0 Å². The molecule has 3 N–H and O–H groups in total. The normalized spacial score (nSPS) is 24.6. The molecule has 1 aliphatic heterocycles. The van der Waals surface area contributed by atoms with Crippen LogP contribution in [0.3, 0.4) is 0 Å². The van der Waals surface area contributed by atoms with Gasteiger partial charge in [-0.15, -0.1) is 0 Å². The highest BCUT2D eigenvalue weighted by Crippen LogP contribution is 2.28. The summed E-state index contributed by atoms with van der Waals surface area (Å²) in [6.07, 6.45) is 0.914. The Hall–Kier alpha value is -1.55. The SMILES string of the molecule is CN1CCC(C)(c2ccc(CN)cc2)NC1=O. The van der Waals surface area contributed by atoms with E-state index < -0.39 is 0 Å². The van der Waals surface area contributed by atoms with E-state index in [9.17, 15) is 4.79 Å². The molecule has 0 aromatic heterocycles. The van der Waals surface area contributed by atoms with Crippen LogP contribution in [0.5, 0.6) is 0 Å². The molecule has 0 aliphatic carbocycles. The van der Waals surface area contributed by atoms with E-state index in [-0.39, 0.29) is 11.6 Å². The lowest BCUT2D eigenvalue weighted by atomic mass is 9.86. The molecule has 0 saturated carbocycles. The van der Waals surface area contributed by atoms with Crippen LogP contribution in [-0.2, 0) is 12.1 Å². The zero-order chi connectivity index (χ0) is 12.5. The van der Waals surface area contributed by atoms with Gasteiger partial charge in [0.25, 0.3) is 0 Å². The van der Waals surface area contributed by atoms with Crippen molar-refractivity contribution in [1.82, 2.24) is 10.2 Å². The second-order valence-electron chi connectivity index (χ2n) is 4.83. The molecule has 1 saturated heterocycles. The Bertz CT molecular complexity index is 415. The third-order valence-corrected chi connectivity index (χ3v) is 3.50. The first-order valence-corrected chi connectivity index (χ1v) is 5.88. The van der Waals surface area contributed by atoms with Gasteiger partial charge in [-0.05, 0) is 24.5 Å². The largest absolute Gasteiger partial charge is 0.329 e. The number of amides is 2. The minimum Gasteiger partial charge on any atom is -0.329 e. The summed E-state index contributed by atoms with van der Waals surface area (Å²) < 4.78 is 0. The Morgan fingerprint density at radius 2 is 2.06 bits per heavy atom. The molecule has 1 aromatic carbocycles. The topological polar surface area (TPSA) is 58.4 Å². The fourth-order valence-corrected chi connectivity index (χ4v) is 2.11. The fraction of sp³-hybridized carbons (Fsp3) is 0.462. The number of carbonyl (C=O) groups is 1. The van der Waals surface area contributed by atoms with Crippen LogP contribution in [0.25, 0.3) is 0 Å². The standard InChI is InChI=1S/C13H19N3O/c1-13(7-8-16(2)12(17)15-13)11-5-3-10(9-14)4-6-11/h3-6H,7-9,14H2,1-2H3,(H,15,17). The van der Waals surface area contributed by atoms with Gasteiger partial charge in [-0.2, -0.15) is 0 Å². The highest BCUT2D eigenvalue weighted by Gasteiger charge is 2.34. The molecule has 0 bridgehead atoms. The number of hydrogen-bond donors (Lipinski definition) is 2. The van der Waals surface area contributed by atoms with Gasteiger partial charge in [0.2, 0.25) is 0 Å². The molecule has 17 heavy (non-hydrogen) atoms. The van der Waals surface area contributed by atoms with Crippen molar-refractivity contribution in [3.8, 4) is 0 Å². The number of benzene rings is 1. The number of rotatable bonds is 2. The van der Waals surface area contributed by atoms with Crippen LogP contribution < -0.4 is 11.1 Å². The van der Waals surface area contributed by atoms with Crippen molar-refractivity contribution < 1.29 is 4.79 Å². The quantitative estimate of drug-likeness (QED) is 0.811. The van der Waals surface area contributed by atoms with Gasteiger partial charge in [-0.1, -0.05) is 24.3 Å². The molecule has 4 heteroatoms. The molecule has 1 heterocycles. The molecule has 1 aliphatic rings. The minimum absolute atomic E-state index is 0.0124. The predicted octanol–water partition coefficient (Wildman–Crippen LogP) is 1.41. The Labute approximate surface area is 102 Å². The smallest absolute Gasteiger partial charge is 0.317 e. The van der Waals surface area contributed by atoms with E-state index in [4.69, 9.17) is 5.73 Å². The van der Waals surface area contributed by atoms with E-state index in [2.05, 4.69) is 12.2 Å². The second kappa shape index (κ2) is 4.37. The second-order valence-corrected chi connectivity index (χ2v) is 4.83. The van der Waals surface area contributed by atoms with Gasteiger partial charge < -0.3 is 16.0 Å². The van der Waals surface area contributed by atoms with Crippen molar-refractivity contribution >= 4 is 6.03 Å². The van der Waals surface area contributed by atoms with Crippen LogP contribution in [0.15, 0.2) is 24.3 Å². The lowest BCUT2D eigenvalue weighted by molar-refractivity contribution is 0.164. The molecule has 4 nitrogen and oxygen atoms in total. The Kier molecular flexibility index (Phi) is 3.07. The monoisotopic (exact) mass is 233 g/mol. The average molecular weight is 233 g/mol. The van der Waals surface area contributed by atoms with Gasteiger partial charge in [0.1, 0.15) is 0 Å². The molecule has 1 aromatic rings. The zero-order valence-electron chi connectivity index (χ0n) is 10.4. The maximum atomic E-state index is 11.7. The third kappa shape index (κ3) is 2.26. The molecule has 0 radical (unpaired) electrons. The summed E-state index contributed by atoms with van der Waals surface area (Å²) in [5.41, 5.74) is 7.55. The van der Waals surface area contributed by atoms with E-state index in [0.29, 0.717) is 6.54 Å². The van der Waals surface area contributed by atoms with E-state index in [1.54, 1.807) is 4.90 Å². The molecule has 1 fully saturated rings. The van der Waals surface area contributed by atoms with E-state index in [1.807, 2.05) is 31.3 Å². The first-order valence-electron chi connectivity index (χ1n) is 5.88. The molecule has 2 amide bonds. The number of nitrogens with zero attached hydrogens (tertiary/aromatic N) is 1. The lowest BCUT2D eigenvalue weighted by Crippen LogP contribution is -2.55. The highest BCUT2D eigenvalue weighted by molar-refractivity contribution is 5.76. The predicted molar refractivity (Wildman–Crippen MR) is 67.5 cm³/mol. The zero-order valence-corrected chi connectivity index (χ0v) is 10.4. The molecule has 2 rings (SSSR count). The minimum atomic E-state index is -0.267. The molecular weight excluding hydrogens is 214 g/mol. The van der Waals surface area contributed by atoms with Crippen LogP contribution in [0.1, 0.15) is 24.5 Å². The first-order chi connectivity index (χ1) is 8.05. The van der Waals surface area contributed by atoms with E-state index >= 15 is 0 Å². The van der Waals surface area contributed by atoms with Crippen LogP contribution in [0, 0.1) is 0 Å². The number of carbonyl (C=O) groups excluding carboxylic acids is 1. The van der Waals surface area contributed by atoms with Gasteiger partial charge in [0.05, 0.1) is 5.54 Å². The summed E-state index contributed by atoms with van der Waals surface area (Å²) in [5.74, 6) is 0. The summed E-state index contributed by atoms with van der Waals surface area (Å²) >= 11 is 0. The van der Waals surface area contributed by atoms with E-state index in [0.717, 1.165) is 24.1 Å². The molecular formula is C13H19N3O. The summed E-state index contributed by atoms with van der Waals surface area (Å²) in [5, 5.41) is 3.05. The number of nitrogens with one attached hydrogen (secondary N) is 1. The van der Waals surface area contributed by atoms with Gasteiger partial charge in [0, 0.05) is 20.1 Å². The van der Waals surface area contributed by atoms with Crippen molar-refractivity contribution in [1.29, 1.82) is 0 Å².